The van der Waals surface area contributed by atoms with Crippen LogP contribution in [0.5, 0.6) is 0 Å². The van der Waals surface area contributed by atoms with Crippen LogP contribution in [0.15, 0.2) is 72.9 Å². The van der Waals surface area contributed by atoms with Crippen LogP contribution in [0.25, 0.3) is 21.7 Å². The van der Waals surface area contributed by atoms with Gasteiger partial charge in [-0.05, 0) is 48.7 Å². The molecule has 0 radical (unpaired) electrons. The molecule has 0 saturated heterocycles. The van der Waals surface area contributed by atoms with E-state index in [1.165, 1.54) is 5.56 Å². The Bertz CT molecular complexity index is 1110. The number of pyridine rings is 1. The lowest BCUT2D eigenvalue weighted by Crippen LogP contribution is -2.07. The minimum Gasteiger partial charge on any atom is -0.364 e. The van der Waals surface area contributed by atoms with Crippen LogP contribution >= 0.6 is 22.9 Å². The number of hydrogen-bond donors (Lipinski definition) is 1. The zero-order valence-electron chi connectivity index (χ0n) is 16.4. The third-order valence-corrected chi connectivity index (χ3v) is 6.24. The van der Waals surface area contributed by atoms with E-state index in [9.17, 15) is 0 Å². The Morgan fingerprint density at radius 3 is 2.59 bits per heavy atom. The lowest BCUT2D eigenvalue weighted by molar-refractivity contribution is 0.875. The average Bonchev–Trinajstić information content (AvgIpc) is 3.19. The molecule has 0 spiro atoms. The monoisotopic (exact) mass is 419 g/mol. The molecule has 29 heavy (non-hydrogen) atoms. The fourth-order valence-electron chi connectivity index (χ4n) is 3.24. The lowest BCUT2D eigenvalue weighted by atomic mass is 10.1. The second-order valence-corrected chi connectivity index (χ2v) is 8.38. The maximum Gasteiger partial charge on any atom is 0.126 e. The van der Waals surface area contributed by atoms with Gasteiger partial charge in [0.15, 0.2) is 0 Å². The minimum absolute atomic E-state index is 0.166. The topological polar surface area (TPSA) is 37.8 Å². The van der Waals surface area contributed by atoms with Crippen molar-refractivity contribution in [1.29, 1.82) is 0 Å². The summed E-state index contributed by atoms with van der Waals surface area (Å²) in [5.74, 6) is 0.849. The van der Waals surface area contributed by atoms with E-state index in [-0.39, 0.29) is 6.04 Å². The number of thiazole rings is 1. The Balaban J connectivity index is 1.69. The molecule has 0 unspecified atom stereocenters. The largest absolute Gasteiger partial charge is 0.364 e. The molecule has 0 saturated carbocycles. The van der Waals surface area contributed by atoms with E-state index in [1.807, 2.05) is 36.5 Å². The standard InChI is InChI=1S/C24H22ClN3S/c1-3-22-28-23(18-10-7-11-20(25)14-18)24(29-22)19-12-13-26-21(15-19)27-16(2)17-8-5-4-6-9-17/h4-16H,3H2,1-2H3,(H,26,27)/t16-/m0/s1. The van der Waals surface area contributed by atoms with Gasteiger partial charge in [0.1, 0.15) is 5.82 Å². The summed E-state index contributed by atoms with van der Waals surface area (Å²) in [6.07, 6.45) is 2.75. The predicted molar refractivity (Wildman–Crippen MR) is 124 cm³/mol. The van der Waals surface area contributed by atoms with E-state index in [4.69, 9.17) is 16.6 Å². The van der Waals surface area contributed by atoms with Crippen LogP contribution in [0.4, 0.5) is 5.82 Å². The third-order valence-electron chi connectivity index (χ3n) is 4.76. The summed E-state index contributed by atoms with van der Waals surface area (Å²) in [5, 5.41) is 5.34. The van der Waals surface area contributed by atoms with Crippen LogP contribution in [0.2, 0.25) is 5.02 Å². The molecular formula is C24H22ClN3S. The second-order valence-electron chi connectivity index (χ2n) is 6.86. The molecule has 1 atom stereocenters. The van der Waals surface area contributed by atoms with Crippen molar-refractivity contribution in [2.45, 2.75) is 26.3 Å². The van der Waals surface area contributed by atoms with Crippen LogP contribution in [0.3, 0.4) is 0 Å². The fourth-order valence-corrected chi connectivity index (χ4v) is 4.45. The molecule has 2 aromatic heterocycles. The van der Waals surface area contributed by atoms with Crippen LogP contribution in [-0.2, 0) is 6.42 Å². The molecule has 146 valence electrons. The summed E-state index contributed by atoms with van der Waals surface area (Å²) in [5.41, 5.74) is 4.34. The normalized spacial score (nSPS) is 12.0. The highest BCUT2D eigenvalue weighted by atomic mass is 35.5. The molecule has 0 amide bonds. The maximum atomic E-state index is 6.23. The van der Waals surface area contributed by atoms with Crippen molar-refractivity contribution in [2.24, 2.45) is 0 Å². The minimum atomic E-state index is 0.166. The van der Waals surface area contributed by atoms with Crippen molar-refractivity contribution < 1.29 is 0 Å². The Labute approximate surface area is 180 Å². The summed E-state index contributed by atoms with van der Waals surface area (Å²) in [6, 6.07) is 22.6. The van der Waals surface area contributed by atoms with Gasteiger partial charge >= 0.3 is 0 Å². The molecule has 3 nitrogen and oxygen atoms in total. The van der Waals surface area contributed by atoms with Gasteiger partial charge in [-0.2, -0.15) is 0 Å². The molecule has 5 heteroatoms. The van der Waals surface area contributed by atoms with E-state index in [1.54, 1.807) is 11.3 Å². The molecule has 1 N–H and O–H groups in total. The van der Waals surface area contributed by atoms with E-state index < -0.39 is 0 Å². The summed E-state index contributed by atoms with van der Waals surface area (Å²) < 4.78 is 0. The van der Waals surface area contributed by atoms with Gasteiger partial charge in [0.25, 0.3) is 0 Å². The van der Waals surface area contributed by atoms with Gasteiger partial charge in [0, 0.05) is 22.8 Å². The summed E-state index contributed by atoms with van der Waals surface area (Å²) >= 11 is 7.96. The summed E-state index contributed by atoms with van der Waals surface area (Å²) in [4.78, 5) is 10.5. The van der Waals surface area contributed by atoms with Crippen molar-refractivity contribution in [3.8, 4) is 21.7 Å². The van der Waals surface area contributed by atoms with Crippen LogP contribution in [0.1, 0.15) is 30.5 Å². The molecule has 0 aliphatic heterocycles. The highest BCUT2D eigenvalue weighted by molar-refractivity contribution is 7.15. The van der Waals surface area contributed by atoms with Gasteiger partial charge in [-0.1, -0.05) is 61.0 Å². The number of nitrogens with one attached hydrogen (secondary N) is 1. The number of hydrogen-bond acceptors (Lipinski definition) is 4. The Kier molecular flexibility index (Phi) is 5.93. The number of benzene rings is 2. The lowest BCUT2D eigenvalue weighted by Gasteiger charge is -2.15. The van der Waals surface area contributed by atoms with E-state index in [0.717, 1.165) is 38.9 Å². The van der Waals surface area contributed by atoms with Gasteiger partial charge in [-0.15, -0.1) is 11.3 Å². The quantitative estimate of drug-likeness (QED) is 0.357. The van der Waals surface area contributed by atoms with Crippen LogP contribution in [0, 0.1) is 0 Å². The molecule has 0 fully saturated rings. The zero-order chi connectivity index (χ0) is 20.2. The Hall–Kier alpha value is -2.69. The van der Waals surface area contributed by atoms with Crippen molar-refractivity contribution in [3.63, 3.8) is 0 Å². The number of nitrogens with zero attached hydrogens (tertiary/aromatic N) is 2. The first-order valence-corrected chi connectivity index (χ1v) is 10.9. The molecule has 2 heterocycles. The average molecular weight is 420 g/mol. The van der Waals surface area contributed by atoms with Crippen LogP contribution in [-0.4, -0.2) is 9.97 Å². The van der Waals surface area contributed by atoms with Gasteiger partial charge < -0.3 is 5.32 Å². The van der Waals surface area contributed by atoms with Gasteiger partial charge in [-0.25, -0.2) is 9.97 Å². The van der Waals surface area contributed by atoms with Crippen molar-refractivity contribution in [3.05, 3.63) is 88.5 Å². The molecule has 0 bridgehead atoms. The molecular weight excluding hydrogens is 398 g/mol. The first-order valence-electron chi connectivity index (χ1n) is 9.67. The highest BCUT2D eigenvalue weighted by Gasteiger charge is 2.16. The van der Waals surface area contributed by atoms with E-state index >= 15 is 0 Å². The first-order chi connectivity index (χ1) is 14.1. The first kappa shape index (κ1) is 19.6. The molecule has 4 aromatic rings. The van der Waals surface area contributed by atoms with E-state index in [0.29, 0.717) is 5.02 Å². The zero-order valence-corrected chi connectivity index (χ0v) is 18.0. The molecule has 2 aromatic carbocycles. The number of aromatic nitrogens is 2. The van der Waals surface area contributed by atoms with E-state index in [2.05, 4.69) is 60.5 Å². The van der Waals surface area contributed by atoms with Gasteiger partial charge in [-0.3, -0.25) is 0 Å². The SMILES string of the molecule is CCc1nc(-c2cccc(Cl)c2)c(-c2ccnc(N[C@@H](C)c3ccccc3)c2)s1. The smallest absolute Gasteiger partial charge is 0.126 e. The number of anilines is 1. The third kappa shape index (κ3) is 4.50. The molecule has 0 aliphatic rings. The molecule has 0 aliphatic carbocycles. The van der Waals surface area contributed by atoms with Crippen molar-refractivity contribution >= 4 is 28.8 Å². The number of halogens is 1. The van der Waals surface area contributed by atoms with Gasteiger partial charge in [0.05, 0.1) is 15.6 Å². The van der Waals surface area contributed by atoms with Gasteiger partial charge in [0.2, 0.25) is 0 Å². The summed E-state index contributed by atoms with van der Waals surface area (Å²) in [6.45, 7) is 4.27. The Morgan fingerprint density at radius 2 is 1.83 bits per heavy atom. The predicted octanol–water partition coefficient (Wildman–Crippen LogP) is 7.26. The van der Waals surface area contributed by atoms with Crippen LogP contribution < -0.4 is 5.32 Å². The molecule has 4 rings (SSSR count). The Morgan fingerprint density at radius 1 is 1.00 bits per heavy atom. The summed E-state index contributed by atoms with van der Waals surface area (Å²) in [7, 11) is 0. The van der Waals surface area contributed by atoms with Crippen molar-refractivity contribution in [2.75, 3.05) is 5.32 Å². The fraction of sp³-hybridized carbons (Fsp3) is 0.167. The number of aryl methyl sites for hydroxylation is 1. The maximum absolute atomic E-state index is 6.23. The number of rotatable bonds is 6. The second kappa shape index (κ2) is 8.76. The van der Waals surface area contributed by atoms with Crippen molar-refractivity contribution in [1.82, 2.24) is 9.97 Å². The highest BCUT2D eigenvalue weighted by Crippen LogP contribution is 2.38.